The molecule has 0 aliphatic heterocycles. The molecule has 6 nitrogen and oxygen atoms in total. The van der Waals surface area contributed by atoms with Crippen molar-refractivity contribution < 1.29 is 14.2 Å². The standard InChI is InChI=1S/C7H10N2O4/c1-2-12-8-5-6-3-4-7(13-6)9(10)11/h3-4,8H,2,5H2,1H3. The number of rotatable bonds is 5. The third-order valence-electron chi connectivity index (χ3n) is 1.32. The van der Waals surface area contributed by atoms with Crippen LogP contribution in [-0.2, 0) is 11.4 Å². The number of nitro groups is 1. The van der Waals surface area contributed by atoms with E-state index in [2.05, 4.69) is 5.48 Å². The highest BCUT2D eigenvalue weighted by Gasteiger charge is 2.10. The van der Waals surface area contributed by atoms with Gasteiger partial charge < -0.3 is 9.25 Å². The van der Waals surface area contributed by atoms with E-state index in [-0.39, 0.29) is 5.88 Å². The van der Waals surface area contributed by atoms with E-state index in [1.165, 1.54) is 12.1 Å². The summed E-state index contributed by atoms with van der Waals surface area (Å²) in [6.07, 6.45) is 0. The number of hydroxylamine groups is 1. The lowest BCUT2D eigenvalue weighted by Crippen LogP contribution is -2.12. The molecule has 0 atom stereocenters. The molecule has 72 valence electrons. The van der Waals surface area contributed by atoms with Crippen molar-refractivity contribution in [3.8, 4) is 0 Å². The van der Waals surface area contributed by atoms with Crippen LogP contribution in [0.5, 0.6) is 0 Å². The summed E-state index contributed by atoms with van der Waals surface area (Å²) in [5, 5.41) is 10.2. The second-order valence-corrected chi connectivity index (χ2v) is 2.25. The lowest BCUT2D eigenvalue weighted by atomic mass is 10.4. The van der Waals surface area contributed by atoms with E-state index in [0.29, 0.717) is 18.9 Å². The van der Waals surface area contributed by atoms with Gasteiger partial charge in [0, 0.05) is 0 Å². The Morgan fingerprint density at radius 2 is 2.46 bits per heavy atom. The van der Waals surface area contributed by atoms with Crippen molar-refractivity contribution in [1.82, 2.24) is 5.48 Å². The van der Waals surface area contributed by atoms with Gasteiger partial charge in [-0.3, -0.25) is 10.1 Å². The Kier molecular flexibility index (Phi) is 3.41. The molecule has 1 aromatic rings. The molecule has 0 aliphatic carbocycles. The zero-order valence-corrected chi connectivity index (χ0v) is 7.15. The van der Waals surface area contributed by atoms with E-state index in [1.54, 1.807) is 0 Å². The fraction of sp³-hybridized carbons (Fsp3) is 0.429. The van der Waals surface area contributed by atoms with Gasteiger partial charge in [0.2, 0.25) is 0 Å². The lowest BCUT2D eigenvalue weighted by Gasteiger charge is -1.98. The Morgan fingerprint density at radius 3 is 3.00 bits per heavy atom. The second-order valence-electron chi connectivity index (χ2n) is 2.25. The summed E-state index contributed by atoms with van der Waals surface area (Å²) < 4.78 is 4.85. The van der Waals surface area contributed by atoms with Crippen LogP contribution in [0, 0.1) is 10.1 Å². The second kappa shape index (κ2) is 4.58. The summed E-state index contributed by atoms with van der Waals surface area (Å²) in [6.45, 7) is 2.68. The van der Waals surface area contributed by atoms with Crippen molar-refractivity contribution >= 4 is 5.88 Å². The van der Waals surface area contributed by atoms with E-state index < -0.39 is 4.92 Å². The molecule has 0 aliphatic rings. The number of hydrogen-bond donors (Lipinski definition) is 1. The first-order valence-corrected chi connectivity index (χ1v) is 3.81. The molecule has 13 heavy (non-hydrogen) atoms. The van der Waals surface area contributed by atoms with E-state index in [9.17, 15) is 10.1 Å². The molecule has 0 saturated heterocycles. The van der Waals surface area contributed by atoms with Crippen molar-refractivity contribution in [3.05, 3.63) is 28.0 Å². The molecule has 0 aromatic carbocycles. The van der Waals surface area contributed by atoms with Gasteiger partial charge in [-0.1, -0.05) is 0 Å². The van der Waals surface area contributed by atoms with Crippen LogP contribution < -0.4 is 5.48 Å². The molecule has 0 amide bonds. The average Bonchev–Trinajstić information content (AvgIpc) is 2.53. The van der Waals surface area contributed by atoms with Gasteiger partial charge in [-0.05, 0) is 13.0 Å². The highest BCUT2D eigenvalue weighted by molar-refractivity contribution is 5.17. The number of hydrogen-bond acceptors (Lipinski definition) is 5. The summed E-state index contributed by atoms with van der Waals surface area (Å²) in [5.74, 6) is 0.216. The van der Waals surface area contributed by atoms with Crippen molar-refractivity contribution in [1.29, 1.82) is 0 Å². The summed E-state index contributed by atoms with van der Waals surface area (Å²) in [6, 6.07) is 2.84. The molecule has 1 heterocycles. The SMILES string of the molecule is CCONCc1ccc([N+](=O)[O-])o1. The van der Waals surface area contributed by atoms with Gasteiger partial charge in [-0.25, -0.2) is 0 Å². The lowest BCUT2D eigenvalue weighted by molar-refractivity contribution is -0.402. The molecule has 0 radical (unpaired) electrons. The monoisotopic (exact) mass is 186 g/mol. The maximum absolute atomic E-state index is 10.2. The highest BCUT2D eigenvalue weighted by Crippen LogP contribution is 2.14. The molecule has 0 unspecified atom stereocenters. The number of nitrogens with one attached hydrogen (secondary N) is 1. The van der Waals surface area contributed by atoms with Crippen LogP contribution in [0.15, 0.2) is 16.5 Å². The molecule has 1 aromatic heterocycles. The minimum Gasteiger partial charge on any atom is -0.404 e. The van der Waals surface area contributed by atoms with Gasteiger partial charge in [0.25, 0.3) is 0 Å². The van der Waals surface area contributed by atoms with Crippen LogP contribution in [0.2, 0.25) is 0 Å². The van der Waals surface area contributed by atoms with Gasteiger partial charge in [0.05, 0.1) is 19.2 Å². The van der Waals surface area contributed by atoms with E-state index in [4.69, 9.17) is 9.25 Å². The van der Waals surface area contributed by atoms with Crippen LogP contribution in [-0.4, -0.2) is 11.5 Å². The van der Waals surface area contributed by atoms with E-state index >= 15 is 0 Å². The largest absolute Gasteiger partial charge is 0.433 e. The van der Waals surface area contributed by atoms with Crippen LogP contribution in [0.1, 0.15) is 12.7 Å². The minimum atomic E-state index is -0.579. The maximum atomic E-state index is 10.2. The quantitative estimate of drug-likeness (QED) is 0.425. The Hall–Kier alpha value is -1.40. The van der Waals surface area contributed by atoms with Crippen LogP contribution >= 0.6 is 0 Å². The minimum absolute atomic E-state index is 0.256. The smallest absolute Gasteiger partial charge is 0.404 e. The summed E-state index contributed by atoms with van der Waals surface area (Å²) in [4.78, 5) is 14.5. The van der Waals surface area contributed by atoms with Crippen molar-refractivity contribution in [3.63, 3.8) is 0 Å². The predicted molar refractivity (Wildman–Crippen MR) is 43.8 cm³/mol. The summed E-state index contributed by atoms with van der Waals surface area (Å²) in [5.41, 5.74) is 2.59. The van der Waals surface area contributed by atoms with E-state index in [1.807, 2.05) is 6.92 Å². The first kappa shape index (κ1) is 9.69. The predicted octanol–water partition coefficient (Wildman–Crippen LogP) is 1.23. The van der Waals surface area contributed by atoms with Crippen LogP contribution in [0.3, 0.4) is 0 Å². The molecule has 1 N–H and O–H groups in total. The molecule has 0 spiro atoms. The zero-order valence-electron chi connectivity index (χ0n) is 7.15. The fourth-order valence-corrected chi connectivity index (χ4v) is 0.784. The van der Waals surface area contributed by atoms with Crippen LogP contribution in [0.25, 0.3) is 0 Å². The molecular weight excluding hydrogens is 176 g/mol. The number of furan rings is 1. The average molecular weight is 186 g/mol. The molecular formula is C7H10N2O4. The number of nitrogens with zero attached hydrogens (tertiary/aromatic N) is 1. The van der Waals surface area contributed by atoms with Crippen molar-refractivity contribution in [2.75, 3.05) is 6.61 Å². The van der Waals surface area contributed by atoms with Gasteiger partial charge in [0.1, 0.15) is 10.7 Å². The fourth-order valence-electron chi connectivity index (χ4n) is 0.784. The van der Waals surface area contributed by atoms with Gasteiger partial charge >= 0.3 is 5.88 Å². The van der Waals surface area contributed by atoms with Gasteiger partial charge in [0.15, 0.2) is 0 Å². The normalized spacial score (nSPS) is 10.2. The zero-order chi connectivity index (χ0) is 9.68. The summed E-state index contributed by atoms with van der Waals surface area (Å²) in [7, 11) is 0. The van der Waals surface area contributed by atoms with E-state index in [0.717, 1.165) is 0 Å². The molecule has 6 heteroatoms. The third kappa shape index (κ3) is 2.85. The Bertz CT molecular complexity index is 284. The van der Waals surface area contributed by atoms with Crippen molar-refractivity contribution in [2.45, 2.75) is 13.5 Å². The maximum Gasteiger partial charge on any atom is 0.433 e. The van der Waals surface area contributed by atoms with Gasteiger partial charge in [-0.15, -0.1) is 0 Å². The summed E-state index contributed by atoms with van der Waals surface area (Å²) >= 11 is 0. The Balaban J connectivity index is 2.44. The molecule has 0 saturated carbocycles. The van der Waals surface area contributed by atoms with Gasteiger partial charge in [-0.2, -0.15) is 5.48 Å². The molecule has 1 rings (SSSR count). The molecule has 0 fully saturated rings. The first-order valence-electron chi connectivity index (χ1n) is 3.81. The first-order chi connectivity index (χ1) is 6.24. The third-order valence-corrected chi connectivity index (χ3v) is 1.32. The highest BCUT2D eigenvalue weighted by atomic mass is 16.7. The van der Waals surface area contributed by atoms with Crippen LogP contribution in [0.4, 0.5) is 5.88 Å². The van der Waals surface area contributed by atoms with Crippen molar-refractivity contribution in [2.24, 2.45) is 0 Å². The topological polar surface area (TPSA) is 77.5 Å². The molecule has 0 bridgehead atoms. The Morgan fingerprint density at radius 1 is 1.69 bits per heavy atom. The Labute approximate surface area is 74.6 Å².